The highest BCUT2D eigenvalue weighted by Gasteiger charge is 2.20. The molecule has 2 N–H and O–H groups in total. The van der Waals surface area contributed by atoms with Crippen LogP contribution < -0.4 is 14.8 Å². The first-order valence-corrected chi connectivity index (χ1v) is 7.51. The predicted molar refractivity (Wildman–Crippen MR) is 76.4 cm³/mol. The summed E-state index contributed by atoms with van der Waals surface area (Å²) in [7, 11) is -2.33. The smallest absolute Gasteiger partial charge is 0.251 e. The number of carbonyl (C=O) groups excluding carboxylic acids is 1. The van der Waals surface area contributed by atoms with Crippen LogP contribution in [0.15, 0.2) is 35.7 Å². The predicted octanol–water partition coefficient (Wildman–Crippen LogP) is 0.909. The van der Waals surface area contributed by atoms with Gasteiger partial charge in [0, 0.05) is 18.7 Å². The van der Waals surface area contributed by atoms with Crippen molar-refractivity contribution in [2.24, 2.45) is 0 Å². The summed E-state index contributed by atoms with van der Waals surface area (Å²) in [5, 5.41) is 2.58. The molecule has 0 atom stereocenters. The summed E-state index contributed by atoms with van der Waals surface area (Å²) in [5.41, 5.74) is 0.240. The third-order valence-electron chi connectivity index (χ3n) is 2.46. The van der Waals surface area contributed by atoms with Crippen molar-refractivity contribution in [3.05, 3.63) is 36.4 Å². The first kappa shape index (κ1) is 16.2. The number of hydrogen-bond acceptors (Lipinski definition) is 4. The number of sulfonamides is 1. The van der Waals surface area contributed by atoms with Crippen molar-refractivity contribution in [1.29, 1.82) is 0 Å². The van der Waals surface area contributed by atoms with Crippen molar-refractivity contribution in [1.82, 2.24) is 10.0 Å². The third-order valence-corrected chi connectivity index (χ3v) is 4.02. The maximum absolute atomic E-state index is 12.1. The molecule has 7 heteroatoms. The molecule has 0 saturated heterocycles. The SMILES string of the molecule is C=CCNC(=O)c1ccc(OC)c(S(=O)(=O)NCC)c1. The summed E-state index contributed by atoms with van der Waals surface area (Å²) in [6.45, 7) is 5.72. The third kappa shape index (κ3) is 3.82. The van der Waals surface area contributed by atoms with Gasteiger partial charge in [-0.05, 0) is 18.2 Å². The van der Waals surface area contributed by atoms with Crippen LogP contribution in [0.25, 0.3) is 0 Å². The Labute approximate surface area is 118 Å². The second kappa shape index (κ2) is 7.06. The largest absolute Gasteiger partial charge is 0.495 e. The molecule has 110 valence electrons. The van der Waals surface area contributed by atoms with E-state index in [4.69, 9.17) is 4.74 Å². The van der Waals surface area contributed by atoms with Crippen LogP contribution in [0.1, 0.15) is 17.3 Å². The summed E-state index contributed by atoms with van der Waals surface area (Å²) in [4.78, 5) is 11.8. The van der Waals surface area contributed by atoms with Gasteiger partial charge in [-0.1, -0.05) is 13.0 Å². The zero-order valence-corrected chi connectivity index (χ0v) is 12.3. The van der Waals surface area contributed by atoms with E-state index >= 15 is 0 Å². The molecule has 0 fully saturated rings. The van der Waals surface area contributed by atoms with E-state index in [0.29, 0.717) is 6.54 Å². The number of nitrogens with one attached hydrogen (secondary N) is 2. The van der Waals surface area contributed by atoms with Crippen LogP contribution in [0.3, 0.4) is 0 Å². The van der Waals surface area contributed by atoms with Crippen molar-refractivity contribution < 1.29 is 17.9 Å². The van der Waals surface area contributed by atoms with Gasteiger partial charge in [-0.15, -0.1) is 6.58 Å². The summed E-state index contributed by atoms with van der Waals surface area (Å²) >= 11 is 0. The number of carbonyl (C=O) groups is 1. The molecule has 0 heterocycles. The van der Waals surface area contributed by atoms with Crippen molar-refractivity contribution in [2.75, 3.05) is 20.2 Å². The summed E-state index contributed by atoms with van der Waals surface area (Å²) in [6, 6.07) is 4.24. The number of rotatable bonds is 7. The van der Waals surface area contributed by atoms with Gasteiger partial charge in [0.1, 0.15) is 10.6 Å². The van der Waals surface area contributed by atoms with Crippen LogP contribution in [0.4, 0.5) is 0 Å². The highest BCUT2D eigenvalue weighted by Crippen LogP contribution is 2.24. The van der Waals surface area contributed by atoms with Crippen LogP contribution in [0.5, 0.6) is 5.75 Å². The molecular weight excluding hydrogens is 280 g/mol. The normalized spacial score (nSPS) is 10.9. The Bertz CT molecular complexity index is 596. The number of ether oxygens (including phenoxy) is 1. The molecule has 0 bridgehead atoms. The Morgan fingerprint density at radius 3 is 2.70 bits per heavy atom. The van der Waals surface area contributed by atoms with Crippen LogP contribution in [-0.2, 0) is 10.0 Å². The first-order chi connectivity index (χ1) is 9.46. The van der Waals surface area contributed by atoms with Gasteiger partial charge in [0.25, 0.3) is 5.91 Å². The lowest BCUT2D eigenvalue weighted by molar-refractivity contribution is 0.0957. The van der Waals surface area contributed by atoms with Crippen LogP contribution in [0, 0.1) is 0 Å². The lowest BCUT2D eigenvalue weighted by Crippen LogP contribution is -2.26. The fourth-order valence-electron chi connectivity index (χ4n) is 1.56. The molecule has 1 aromatic rings. The van der Waals surface area contributed by atoms with Crippen molar-refractivity contribution >= 4 is 15.9 Å². The van der Waals surface area contributed by atoms with Crippen LogP contribution in [0.2, 0.25) is 0 Å². The maximum Gasteiger partial charge on any atom is 0.251 e. The minimum absolute atomic E-state index is 0.0619. The second-order valence-electron chi connectivity index (χ2n) is 3.87. The Balaban J connectivity index is 3.22. The van der Waals surface area contributed by atoms with Crippen molar-refractivity contribution in [3.8, 4) is 5.75 Å². The standard InChI is InChI=1S/C13H18N2O4S/c1-4-8-14-13(16)10-6-7-11(19-3)12(9-10)20(17,18)15-5-2/h4,6-7,9,15H,1,5,8H2,2-3H3,(H,14,16). The molecule has 0 radical (unpaired) electrons. The molecule has 1 aromatic carbocycles. The average molecular weight is 298 g/mol. The van der Waals surface area contributed by atoms with Crippen LogP contribution >= 0.6 is 0 Å². The molecule has 1 rings (SSSR count). The molecule has 0 unspecified atom stereocenters. The molecule has 6 nitrogen and oxygen atoms in total. The summed E-state index contributed by atoms with van der Waals surface area (Å²) < 4.78 is 31.5. The van der Waals surface area contributed by atoms with E-state index in [1.165, 1.54) is 31.4 Å². The highest BCUT2D eigenvalue weighted by atomic mass is 32.2. The number of benzene rings is 1. The molecule has 20 heavy (non-hydrogen) atoms. The lowest BCUT2D eigenvalue weighted by atomic mass is 10.2. The topological polar surface area (TPSA) is 84.5 Å². The number of amides is 1. The lowest BCUT2D eigenvalue weighted by Gasteiger charge is -2.11. The Morgan fingerprint density at radius 1 is 1.45 bits per heavy atom. The molecule has 0 spiro atoms. The Kier molecular flexibility index (Phi) is 5.72. The van der Waals surface area contributed by atoms with Crippen LogP contribution in [-0.4, -0.2) is 34.5 Å². The fraction of sp³-hybridized carbons (Fsp3) is 0.308. The Morgan fingerprint density at radius 2 is 2.15 bits per heavy atom. The van der Waals surface area contributed by atoms with Gasteiger partial charge in [0.15, 0.2) is 0 Å². The van der Waals surface area contributed by atoms with Gasteiger partial charge in [-0.3, -0.25) is 4.79 Å². The highest BCUT2D eigenvalue weighted by molar-refractivity contribution is 7.89. The molecule has 0 aliphatic heterocycles. The van der Waals surface area contributed by atoms with Crippen molar-refractivity contribution in [3.63, 3.8) is 0 Å². The quantitative estimate of drug-likeness (QED) is 0.733. The molecular formula is C13H18N2O4S. The molecule has 0 aromatic heterocycles. The van der Waals surface area contributed by atoms with Gasteiger partial charge in [0.2, 0.25) is 10.0 Å². The second-order valence-corrected chi connectivity index (χ2v) is 5.60. The monoisotopic (exact) mass is 298 g/mol. The van der Waals surface area contributed by atoms with E-state index in [0.717, 1.165) is 0 Å². The van der Waals surface area contributed by atoms with Gasteiger partial charge < -0.3 is 10.1 Å². The minimum Gasteiger partial charge on any atom is -0.495 e. The zero-order chi connectivity index (χ0) is 15.2. The zero-order valence-electron chi connectivity index (χ0n) is 11.5. The van der Waals surface area contributed by atoms with E-state index in [9.17, 15) is 13.2 Å². The first-order valence-electron chi connectivity index (χ1n) is 6.03. The van der Waals surface area contributed by atoms with E-state index in [2.05, 4.69) is 16.6 Å². The van der Waals surface area contributed by atoms with E-state index in [1.54, 1.807) is 6.92 Å². The van der Waals surface area contributed by atoms with E-state index < -0.39 is 10.0 Å². The molecule has 1 amide bonds. The minimum atomic E-state index is -3.70. The Hall–Kier alpha value is -1.86. The van der Waals surface area contributed by atoms with Gasteiger partial charge in [-0.25, -0.2) is 13.1 Å². The molecule has 0 aliphatic rings. The molecule has 0 saturated carbocycles. The fourth-order valence-corrected chi connectivity index (χ4v) is 2.80. The van der Waals surface area contributed by atoms with Crippen molar-refractivity contribution in [2.45, 2.75) is 11.8 Å². The van der Waals surface area contributed by atoms with E-state index in [1.807, 2.05) is 0 Å². The summed E-state index contributed by atoms with van der Waals surface area (Å²) in [6.07, 6.45) is 1.54. The average Bonchev–Trinajstić information content (AvgIpc) is 2.44. The number of methoxy groups -OCH3 is 1. The van der Waals surface area contributed by atoms with E-state index in [-0.39, 0.29) is 28.7 Å². The summed E-state index contributed by atoms with van der Waals surface area (Å²) in [5.74, 6) is -0.188. The van der Waals surface area contributed by atoms with Gasteiger partial charge in [-0.2, -0.15) is 0 Å². The molecule has 0 aliphatic carbocycles. The maximum atomic E-state index is 12.1. The number of hydrogen-bond donors (Lipinski definition) is 2. The van der Waals surface area contributed by atoms with Gasteiger partial charge >= 0.3 is 0 Å². The van der Waals surface area contributed by atoms with Gasteiger partial charge in [0.05, 0.1) is 7.11 Å².